The normalized spacial score (nSPS) is 12.0. The number of amides is 2. The van der Waals surface area contributed by atoms with Crippen molar-refractivity contribution >= 4 is 34.3 Å². The number of aryl methyl sites for hydroxylation is 2. The lowest BCUT2D eigenvalue weighted by Gasteiger charge is -2.29. The number of ether oxygens (including phenoxy) is 1. The van der Waals surface area contributed by atoms with Gasteiger partial charge in [0, 0.05) is 24.9 Å². The van der Waals surface area contributed by atoms with Crippen LogP contribution in [0.2, 0.25) is 0 Å². The Morgan fingerprint density at radius 3 is 2.57 bits per heavy atom. The second-order valence-electron chi connectivity index (χ2n) is 9.61. The van der Waals surface area contributed by atoms with E-state index in [9.17, 15) is 9.59 Å². The first-order valence-corrected chi connectivity index (χ1v) is 13.2. The van der Waals surface area contributed by atoms with Crippen LogP contribution in [0.3, 0.4) is 0 Å². The van der Waals surface area contributed by atoms with E-state index in [2.05, 4.69) is 24.1 Å². The molecule has 37 heavy (non-hydrogen) atoms. The van der Waals surface area contributed by atoms with Crippen molar-refractivity contribution in [2.75, 3.05) is 6.54 Å². The van der Waals surface area contributed by atoms with Crippen LogP contribution in [0, 0.1) is 19.8 Å². The molecule has 0 saturated heterocycles. The molecule has 4 rings (SSSR count). The predicted molar refractivity (Wildman–Crippen MR) is 145 cm³/mol. The third kappa shape index (κ3) is 7.20. The Labute approximate surface area is 221 Å². The number of alkyl carbamates (subject to hydrolysis) is 1. The van der Waals surface area contributed by atoms with Gasteiger partial charge in [0.05, 0.1) is 21.8 Å². The summed E-state index contributed by atoms with van der Waals surface area (Å²) in [6.45, 7) is 9.04. The summed E-state index contributed by atoms with van der Waals surface area (Å²) in [6.07, 6.45) is 1.40. The van der Waals surface area contributed by atoms with Gasteiger partial charge in [-0.1, -0.05) is 56.3 Å². The fourth-order valence-corrected chi connectivity index (χ4v) is 5.13. The number of nitrogens with zero attached hydrogens (tertiary/aromatic N) is 2. The lowest BCUT2D eigenvalue weighted by atomic mass is 10.0. The Balaban J connectivity index is 1.52. The average Bonchev–Trinajstić information content (AvgIpc) is 3.46. The van der Waals surface area contributed by atoms with Gasteiger partial charge in [0.25, 0.3) is 0 Å². The zero-order valence-electron chi connectivity index (χ0n) is 21.7. The van der Waals surface area contributed by atoms with E-state index in [0.29, 0.717) is 19.5 Å². The number of benzene rings is 2. The van der Waals surface area contributed by atoms with E-state index in [4.69, 9.17) is 9.15 Å². The van der Waals surface area contributed by atoms with E-state index in [-0.39, 0.29) is 18.4 Å². The maximum atomic E-state index is 13.9. The fourth-order valence-electron chi connectivity index (χ4n) is 4.28. The SMILES string of the molecule is Cc1nc(C)c(COC(=O)N[C@@H](Cc2ccccc2)C(=O)N(Cc2ccc3ccoc3c2)CC(C)C)s1. The van der Waals surface area contributed by atoms with Crippen LogP contribution in [0.25, 0.3) is 11.0 Å². The molecule has 2 aromatic heterocycles. The van der Waals surface area contributed by atoms with Gasteiger partial charge in [-0.15, -0.1) is 11.3 Å². The highest BCUT2D eigenvalue weighted by Gasteiger charge is 2.28. The van der Waals surface area contributed by atoms with Gasteiger partial charge in [0.2, 0.25) is 5.91 Å². The summed E-state index contributed by atoms with van der Waals surface area (Å²) in [5.41, 5.74) is 3.56. The molecular weight excluding hydrogens is 486 g/mol. The van der Waals surface area contributed by atoms with Crippen LogP contribution in [0.4, 0.5) is 4.79 Å². The number of aromatic nitrogens is 1. The number of rotatable bonds is 10. The molecule has 1 atom stereocenters. The lowest BCUT2D eigenvalue weighted by molar-refractivity contribution is -0.134. The third-order valence-corrected chi connectivity index (χ3v) is 7.04. The average molecular weight is 520 g/mol. The molecule has 0 bridgehead atoms. The van der Waals surface area contributed by atoms with Gasteiger partial charge >= 0.3 is 6.09 Å². The second kappa shape index (κ2) is 12.1. The smallest absolute Gasteiger partial charge is 0.408 e. The largest absolute Gasteiger partial charge is 0.464 e. The summed E-state index contributed by atoms with van der Waals surface area (Å²) in [6, 6.07) is 16.8. The van der Waals surface area contributed by atoms with Crippen molar-refractivity contribution in [3.05, 3.63) is 87.6 Å². The maximum absolute atomic E-state index is 13.9. The summed E-state index contributed by atoms with van der Waals surface area (Å²) in [7, 11) is 0. The van der Waals surface area contributed by atoms with Crippen LogP contribution in [0.5, 0.6) is 0 Å². The van der Waals surface area contributed by atoms with Crippen LogP contribution >= 0.6 is 11.3 Å². The molecule has 0 aliphatic carbocycles. The number of thiazole rings is 1. The highest BCUT2D eigenvalue weighted by Crippen LogP contribution is 2.20. The van der Waals surface area contributed by atoms with Gasteiger partial charge < -0.3 is 19.4 Å². The van der Waals surface area contributed by atoms with Gasteiger partial charge in [-0.25, -0.2) is 9.78 Å². The van der Waals surface area contributed by atoms with Gasteiger partial charge in [-0.05, 0) is 43.0 Å². The van der Waals surface area contributed by atoms with Crippen molar-refractivity contribution < 1.29 is 18.7 Å². The molecule has 4 aromatic rings. The molecule has 0 aliphatic heterocycles. The predicted octanol–water partition coefficient (Wildman–Crippen LogP) is 6.03. The zero-order chi connectivity index (χ0) is 26.4. The molecule has 0 unspecified atom stereocenters. The summed E-state index contributed by atoms with van der Waals surface area (Å²) >= 11 is 1.50. The Morgan fingerprint density at radius 1 is 1.08 bits per heavy atom. The molecule has 2 amide bonds. The van der Waals surface area contributed by atoms with Crippen LogP contribution in [-0.2, 0) is 29.1 Å². The molecule has 0 saturated carbocycles. The number of carbonyl (C=O) groups is 2. The minimum Gasteiger partial charge on any atom is -0.464 e. The van der Waals surface area contributed by atoms with Crippen LogP contribution in [-0.4, -0.2) is 34.5 Å². The van der Waals surface area contributed by atoms with E-state index >= 15 is 0 Å². The topological polar surface area (TPSA) is 84.7 Å². The number of fused-ring (bicyclic) bond motifs is 1. The fraction of sp³-hybridized carbons (Fsp3) is 0.345. The van der Waals surface area contributed by atoms with E-state index in [1.807, 2.05) is 68.4 Å². The molecule has 2 heterocycles. The number of furan rings is 1. The van der Waals surface area contributed by atoms with Gasteiger partial charge in [-0.2, -0.15) is 0 Å². The number of hydrogen-bond donors (Lipinski definition) is 1. The van der Waals surface area contributed by atoms with Crippen molar-refractivity contribution in [2.45, 2.75) is 53.3 Å². The first-order valence-electron chi connectivity index (χ1n) is 12.4. The number of carbonyl (C=O) groups excluding carboxylic acids is 2. The van der Waals surface area contributed by atoms with E-state index < -0.39 is 12.1 Å². The number of nitrogens with one attached hydrogen (secondary N) is 1. The lowest BCUT2D eigenvalue weighted by Crippen LogP contribution is -2.50. The molecule has 194 valence electrons. The number of hydrogen-bond acceptors (Lipinski definition) is 6. The van der Waals surface area contributed by atoms with Gasteiger partial charge in [0.1, 0.15) is 18.2 Å². The van der Waals surface area contributed by atoms with Gasteiger partial charge in [0.15, 0.2) is 0 Å². The summed E-state index contributed by atoms with van der Waals surface area (Å²) < 4.78 is 11.0. The molecule has 2 aromatic carbocycles. The minimum absolute atomic E-state index is 0.119. The van der Waals surface area contributed by atoms with E-state index in [0.717, 1.165) is 37.7 Å². The van der Waals surface area contributed by atoms with Crippen molar-refractivity contribution in [3.8, 4) is 0 Å². The van der Waals surface area contributed by atoms with Gasteiger partial charge in [-0.3, -0.25) is 4.79 Å². The van der Waals surface area contributed by atoms with Crippen molar-refractivity contribution in [1.82, 2.24) is 15.2 Å². The molecule has 0 radical (unpaired) electrons. The molecule has 0 aliphatic rings. The molecule has 0 spiro atoms. The van der Waals surface area contributed by atoms with Crippen LogP contribution < -0.4 is 5.32 Å². The molecule has 8 heteroatoms. The zero-order valence-corrected chi connectivity index (χ0v) is 22.5. The second-order valence-corrected chi connectivity index (χ2v) is 10.9. The van der Waals surface area contributed by atoms with E-state index in [1.54, 1.807) is 11.2 Å². The Morgan fingerprint density at radius 2 is 1.86 bits per heavy atom. The molecule has 0 fully saturated rings. The monoisotopic (exact) mass is 519 g/mol. The molecular formula is C29H33N3O4S. The van der Waals surface area contributed by atoms with Crippen molar-refractivity contribution in [3.63, 3.8) is 0 Å². The highest BCUT2D eigenvalue weighted by molar-refractivity contribution is 7.11. The summed E-state index contributed by atoms with van der Waals surface area (Å²) in [5, 5.41) is 4.78. The standard InChI is InChI=1S/C29H33N3O4S/c1-19(2)16-32(17-23-10-11-24-12-13-35-26(24)15-23)28(33)25(14-22-8-6-5-7-9-22)31-29(34)36-18-27-20(3)30-21(4)37-27/h5-13,15,19,25H,14,16-18H2,1-4H3,(H,31,34)/t25-/m0/s1. The molecule has 7 nitrogen and oxygen atoms in total. The minimum atomic E-state index is -0.773. The summed E-state index contributed by atoms with van der Waals surface area (Å²) in [4.78, 5) is 33.8. The quantitative estimate of drug-likeness (QED) is 0.277. The molecule has 1 N–H and O–H groups in total. The van der Waals surface area contributed by atoms with Crippen LogP contribution in [0.15, 0.2) is 65.3 Å². The highest BCUT2D eigenvalue weighted by atomic mass is 32.1. The van der Waals surface area contributed by atoms with E-state index in [1.165, 1.54) is 11.3 Å². The maximum Gasteiger partial charge on any atom is 0.408 e. The Kier molecular flexibility index (Phi) is 8.61. The first-order chi connectivity index (χ1) is 17.8. The van der Waals surface area contributed by atoms with Crippen LogP contribution in [0.1, 0.15) is 40.6 Å². The Hall–Kier alpha value is -3.65. The Bertz CT molecular complexity index is 1350. The summed E-state index contributed by atoms with van der Waals surface area (Å²) in [5.74, 6) is 0.0945. The first kappa shape index (κ1) is 26.4. The van der Waals surface area contributed by atoms with Crippen molar-refractivity contribution in [1.29, 1.82) is 0 Å². The van der Waals surface area contributed by atoms with Crippen molar-refractivity contribution in [2.24, 2.45) is 5.92 Å². The third-order valence-electron chi connectivity index (χ3n) is 6.00.